The third kappa shape index (κ3) is 7.29. The number of carbonyl (C=O) groups excluding carboxylic acids is 2. The van der Waals surface area contributed by atoms with Crippen LogP contribution in [0.15, 0.2) is 54.2 Å². The number of rotatable bonds is 12. The van der Waals surface area contributed by atoms with E-state index in [0.717, 1.165) is 41.3 Å². The van der Waals surface area contributed by atoms with E-state index in [-0.39, 0.29) is 24.5 Å². The molecule has 2 heterocycles. The first-order chi connectivity index (χ1) is 15.2. The average molecular weight is 438 g/mol. The molecule has 0 aliphatic heterocycles. The van der Waals surface area contributed by atoms with Gasteiger partial charge in [0.25, 0.3) is 0 Å². The Morgan fingerprint density at radius 3 is 2.58 bits per heavy atom. The molecule has 0 fully saturated rings. The summed E-state index contributed by atoms with van der Waals surface area (Å²) in [6, 6.07) is 11.0. The van der Waals surface area contributed by atoms with Crippen LogP contribution < -0.4 is 10.1 Å². The van der Waals surface area contributed by atoms with E-state index < -0.39 is 0 Å². The molecule has 1 aromatic carbocycles. The molecule has 0 bridgehead atoms. The van der Waals surface area contributed by atoms with E-state index in [1.807, 2.05) is 24.4 Å². The van der Waals surface area contributed by atoms with Gasteiger partial charge in [0.15, 0.2) is 5.78 Å². The maximum atomic E-state index is 12.3. The van der Waals surface area contributed by atoms with Gasteiger partial charge in [0, 0.05) is 54.7 Å². The quantitative estimate of drug-likeness (QED) is 0.328. The molecule has 0 atom stereocenters. The van der Waals surface area contributed by atoms with Crippen LogP contribution in [0.2, 0.25) is 0 Å². The van der Waals surface area contributed by atoms with Crippen molar-refractivity contribution < 1.29 is 14.3 Å². The van der Waals surface area contributed by atoms with Crippen molar-refractivity contribution in [2.75, 3.05) is 13.2 Å². The van der Waals surface area contributed by atoms with E-state index >= 15 is 0 Å². The summed E-state index contributed by atoms with van der Waals surface area (Å²) in [7, 11) is 0. The first-order valence-electron chi connectivity index (χ1n) is 10.5. The van der Waals surface area contributed by atoms with Crippen LogP contribution in [-0.2, 0) is 11.2 Å². The fourth-order valence-corrected chi connectivity index (χ4v) is 3.81. The number of amides is 1. The largest absolute Gasteiger partial charge is 0.494 e. The van der Waals surface area contributed by atoms with E-state index in [2.05, 4.69) is 15.3 Å². The summed E-state index contributed by atoms with van der Waals surface area (Å²) in [5.41, 5.74) is 2.61. The van der Waals surface area contributed by atoms with Gasteiger partial charge in [0.1, 0.15) is 5.75 Å². The van der Waals surface area contributed by atoms with E-state index in [1.165, 1.54) is 0 Å². The van der Waals surface area contributed by atoms with E-state index in [4.69, 9.17) is 4.74 Å². The van der Waals surface area contributed by atoms with E-state index in [9.17, 15) is 9.59 Å². The summed E-state index contributed by atoms with van der Waals surface area (Å²) in [6.45, 7) is 3.27. The number of pyridine rings is 1. The number of benzene rings is 1. The molecular weight excluding hydrogens is 410 g/mol. The van der Waals surface area contributed by atoms with Crippen LogP contribution in [0.1, 0.15) is 48.0 Å². The Kier molecular flexibility index (Phi) is 8.72. The number of nitrogens with zero attached hydrogens (tertiary/aromatic N) is 2. The molecule has 0 radical (unpaired) electrons. The van der Waals surface area contributed by atoms with Crippen LogP contribution in [0.4, 0.5) is 0 Å². The topological polar surface area (TPSA) is 81.2 Å². The molecule has 0 saturated carbocycles. The second-order valence-corrected chi connectivity index (χ2v) is 8.05. The molecule has 1 amide bonds. The minimum Gasteiger partial charge on any atom is -0.494 e. The van der Waals surface area contributed by atoms with Crippen molar-refractivity contribution in [2.45, 2.75) is 39.0 Å². The Balaban J connectivity index is 1.33. The number of hydrogen-bond donors (Lipinski definition) is 1. The van der Waals surface area contributed by atoms with E-state index in [0.29, 0.717) is 18.7 Å². The van der Waals surface area contributed by atoms with Gasteiger partial charge in [-0.2, -0.15) is 0 Å². The Morgan fingerprint density at radius 1 is 1.06 bits per heavy atom. The van der Waals surface area contributed by atoms with E-state index in [1.54, 1.807) is 48.0 Å². The van der Waals surface area contributed by atoms with Gasteiger partial charge in [-0.3, -0.25) is 14.6 Å². The predicted molar refractivity (Wildman–Crippen MR) is 122 cm³/mol. The molecule has 162 valence electrons. The summed E-state index contributed by atoms with van der Waals surface area (Å²) < 4.78 is 5.52. The van der Waals surface area contributed by atoms with Gasteiger partial charge in [0.05, 0.1) is 17.3 Å². The molecule has 3 rings (SSSR count). The SMILES string of the molecule is CCCOc1ccc(C(=O)CCC(=O)NCCCc2nc(-c3ccncc3)cs2)cc1. The number of aromatic nitrogens is 2. The molecule has 6 nitrogen and oxygen atoms in total. The predicted octanol–water partition coefficient (Wildman–Crippen LogP) is 4.71. The van der Waals surface area contributed by atoms with Crippen molar-refractivity contribution in [1.29, 1.82) is 0 Å². The Labute approximate surface area is 186 Å². The van der Waals surface area contributed by atoms with Crippen LogP contribution in [0.25, 0.3) is 11.3 Å². The second-order valence-electron chi connectivity index (χ2n) is 7.11. The number of carbonyl (C=O) groups is 2. The summed E-state index contributed by atoms with van der Waals surface area (Å²) in [6.07, 6.45) is 6.45. The van der Waals surface area contributed by atoms with Crippen LogP contribution >= 0.6 is 11.3 Å². The zero-order valence-corrected chi connectivity index (χ0v) is 18.5. The molecular formula is C24H27N3O3S. The Morgan fingerprint density at radius 2 is 1.84 bits per heavy atom. The smallest absolute Gasteiger partial charge is 0.220 e. The zero-order chi connectivity index (χ0) is 21.9. The van der Waals surface area contributed by atoms with Crippen molar-refractivity contribution in [3.8, 4) is 17.0 Å². The van der Waals surface area contributed by atoms with Crippen LogP contribution in [0.5, 0.6) is 5.75 Å². The number of aryl methyl sites for hydroxylation is 1. The minimum atomic E-state index is -0.104. The molecule has 2 aromatic heterocycles. The minimum absolute atomic E-state index is 0.0383. The van der Waals surface area contributed by atoms with Crippen molar-refractivity contribution in [3.05, 3.63) is 64.7 Å². The highest BCUT2D eigenvalue weighted by Crippen LogP contribution is 2.21. The van der Waals surface area contributed by atoms with Crippen LogP contribution in [-0.4, -0.2) is 34.8 Å². The number of Topliss-reactive ketones (excluding diaryl/α,β-unsaturated/α-hetero) is 1. The maximum absolute atomic E-state index is 12.3. The molecule has 0 saturated heterocycles. The van der Waals surface area contributed by atoms with Gasteiger partial charge in [-0.15, -0.1) is 11.3 Å². The van der Waals surface area contributed by atoms with Gasteiger partial charge < -0.3 is 10.1 Å². The summed E-state index contributed by atoms with van der Waals surface area (Å²) >= 11 is 1.62. The fraction of sp³-hybridized carbons (Fsp3) is 0.333. The van der Waals surface area contributed by atoms with Gasteiger partial charge >= 0.3 is 0 Å². The fourth-order valence-electron chi connectivity index (χ4n) is 2.97. The average Bonchev–Trinajstić information content (AvgIpc) is 3.29. The molecule has 7 heteroatoms. The number of thiazole rings is 1. The Bertz CT molecular complexity index is 971. The van der Waals surface area contributed by atoms with Crippen molar-refractivity contribution in [3.63, 3.8) is 0 Å². The highest BCUT2D eigenvalue weighted by Gasteiger charge is 2.10. The van der Waals surface area contributed by atoms with Crippen LogP contribution in [0.3, 0.4) is 0 Å². The standard InChI is InChI=1S/C24H27N3O3S/c1-2-16-30-20-7-5-19(6-8-20)22(28)9-10-23(29)26-13-3-4-24-27-21(17-31-24)18-11-14-25-15-12-18/h5-8,11-12,14-15,17H,2-4,9-10,13,16H2,1H3,(H,26,29). The van der Waals surface area contributed by atoms with Gasteiger partial charge in [-0.05, 0) is 49.2 Å². The molecule has 0 unspecified atom stereocenters. The first kappa shape index (κ1) is 22.6. The van der Waals surface area contributed by atoms with Crippen LogP contribution in [0, 0.1) is 0 Å². The molecule has 0 aliphatic rings. The summed E-state index contributed by atoms with van der Waals surface area (Å²) in [5, 5.41) is 5.97. The first-order valence-corrected chi connectivity index (χ1v) is 11.4. The maximum Gasteiger partial charge on any atom is 0.220 e. The molecule has 3 aromatic rings. The lowest BCUT2D eigenvalue weighted by atomic mass is 10.1. The zero-order valence-electron chi connectivity index (χ0n) is 17.7. The number of ether oxygens (including phenoxy) is 1. The molecule has 31 heavy (non-hydrogen) atoms. The highest BCUT2D eigenvalue weighted by atomic mass is 32.1. The third-order valence-electron chi connectivity index (χ3n) is 4.65. The number of nitrogens with one attached hydrogen (secondary N) is 1. The lowest BCUT2D eigenvalue weighted by Crippen LogP contribution is -2.25. The van der Waals surface area contributed by atoms with Crippen molar-refractivity contribution in [1.82, 2.24) is 15.3 Å². The molecule has 0 aliphatic carbocycles. The lowest BCUT2D eigenvalue weighted by molar-refractivity contribution is -0.121. The Hall–Kier alpha value is -3.06. The highest BCUT2D eigenvalue weighted by molar-refractivity contribution is 7.09. The summed E-state index contributed by atoms with van der Waals surface area (Å²) in [5.74, 6) is 0.612. The number of ketones is 1. The molecule has 1 N–H and O–H groups in total. The van der Waals surface area contributed by atoms with Gasteiger partial charge in [0.2, 0.25) is 5.91 Å². The monoisotopic (exact) mass is 437 g/mol. The lowest BCUT2D eigenvalue weighted by Gasteiger charge is -2.06. The summed E-state index contributed by atoms with van der Waals surface area (Å²) in [4.78, 5) is 33.0. The normalized spacial score (nSPS) is 10.6. The molecule has 0 spiro atoms. The second kappa shape index (κ2) is 12.0. The number of hydrogen-bond acceptors (Lipinski definition) is 6. The van der Waals surface area contributed by atoms with Gasteiger partial charge in [-0.25, -0.2) is 4.98 Å². The van der Waals surface area contributed by atoms with Crippen molar-refractivity contribution in [2.24, 2.45) is 0 Å². The van der Waals surface area contributed by atoms with Crippen molar-refractivity contribution >= 4 is 23.0 Å². The van der Waals surface area contributed by atoms with Gasteiger partial charge in [-0.1, -0.05) is 6.92 Å². The third-order valence-corrected chi connectivity index (χ3v) is 5.55.